The zero-order valence-corrected chi connectivity index (χ0v) is 13.2. The molecule has 1 saturated heterocycles. The van der Waals surface area contributed by atoms with Crippen LogP contribution in [-0.4, -0.2) is 48.1 Å². The molecule has 0 unspecified atom stereocenters. The van der Waals surface area contributed by atoms with Gasteiger partial charge in [-0.25, -0.2) is 9.59 Å². The minimum Gasteiger partial charge on any atom is -0.410 e. The van der Waals surface area contributed by atoms with Crippen molar-refractivity contribution >= 4 is 17.8 Å². The quantitative estimate of drug-likeness (QED) is 0.923. The Labute approximate surface area is 140 Å². The van der Waals surface area contributed by atoms with E-state index < -0.39 is 0 Å². The highest BCUT2D eigenvalue weighted by Crippen LogP contribution is 2.13. The van der Waals surface area contributed by atoms with Gasteiger partial charge in [0.15, 0.2) is 0 Å². The summed E-state index contributed by atoms with van der Waals surface area (Å²) in [5.74, 6) is 0.520. The van der Waals surface area contributed by atoms with Gasteiger partial charge in [0.2, 0.25) is 0 Å². The Balaban J connectivity index is 1.48. The maximum absolute atomic E-state index is 12.2. The molecule has 3 rings (SSSR count). The predicted molar refractivity (Wildman–Crippen MR) is 91.1 cm³/mol. The number of hydrogen-bond donors (Lipinski definition) is 1. The van der Waals surface area contributed by atoms with Crippen LogP contribution in [-0.2, 0) is 0 Å². The summed E-state index contributed by atoms with van der Waals surface area (Å²) < 4.78 is 5.31. The van der Waals surface area contributed by atoms with E-state index in [1.165, 1.54) is 0 Å². The summed E-state index contributed by atoms with van der Waals surface area (Å²) in [6, 6.07) is 18.1. The molecule has 6 heteroatoms. The van der Waals surface area contributed by atoms with Gasteiger partial charge in [-0.1, -0.05) is 36.4 Å². The van der Waals surface area contributed by atoms with Crippen LogP contribution in [0.2, 0.25) is 0 Å². The number of carbonyl (C=O) groups excluding carboxylic acids is 2. The fourth-order valence-electron chi connectivity index (χ4n) is 2.47. The number of urea groups is 1. The van der Waals surface area contributed by atoms with Crippen molar-refractivity contribution in [2.75, 3.05) is 31.5 Å². The summed E-state index contributed by atoms with van der Waals surface area (Å²) in [6.45, 7) is 1.85. The lowest BCUT2D eigenvalue weighted by molar-refractivity contribution is 0.120. The molecule has 2 aromatic rings. The lowest BCUT2D eigenvalue weighted by Crippen LogP contribution is -2.52. The van der Waals surface area contributed by atoms with Gasteiger partial charge in [-0.2, -0.15) is 0 Å². The first kappa shape index (κ1) is 15.9. The molecule has 1 aliphatic heterocycles. The number of carbonyl (C=O) groups is 2. The second-order valence-electron chi connectivity index (χ2n) is 5.45. The molecule has 1 fully saturated rings. The van der Waals surface area contributed by atoms with E-state index in [1.807, 2.05) is 48.5 Å². The van der Waals surface area contributed by atoms with Crippen LogP contribution < -0.4 is 10.1 Å². The van der Waals surface area contributed by atoms with E-state index in [2.05, 4.69) is 5.32 Å². The lowest BCUT2D eigenvalue weighted by atomic mass is 10.3. The molecular weight excluding hydrogens is 306 g/mol. The highest BCUT2D eigenvalue weighted by molar-refractivity contribution is 5.89. The Morgan fingerprint density at radius 1 is 0.792 bits per heavy atom. The summed E-state index contributed by atoms with van der Waals surface area (Å²) in [5, 5.41) is 2.85. The number of nitrogens with one attached hydrogen (secondary N) is 1. The van der Waals surface area contributed by atoms with Gasteiger partial charge in [-0.15, -0.1) is 0 Å². The maximum Gasteiger partial charge on any atom is 0.415 e. The van der Waals surface area contributed by atoms with Crippen LogP contribution in [0.5, 0.6) is 5.75 Å². The molecule has 2 aromatic carbocycles. The predicted octanol–water partition coefficient (Wildman–Crippen LogP) is 3.04. The van der Waals surface area contributed by atoms with Gasteiger partial charge in [-0.3, -0.25) is 0 Å². The molecule has 3 amide bonds. The van der Waals surface area contributed by atoms with Gasteiger partial charge < -0.3 is 19.9 Å². The Kier molecular flexibility index (Phi) is 4.96. The van der Waals surface area contributed by atoms with Gasteiger partial charge in [0.1, 0.15) is 5.75 Å². The average Bonchev–Trinajstić information content (AvgIpc) is 2.63. The minimum absolute atomic E-state index is 0.155. The highest BCUT2D eigenvalue weighted by atomic mass is 16.6. The zero-order valence-electron chi connectivity index (χ0n) is 13.2. The molecule has 1 N–H and O–H groups in total. The van der Waals surface area contributed by atoms with Gasteiger partial charge >= 0.3 is 12.1 Å². The number of hydrogen-bond acceptors (Lipinski definition) is 3. The van der Waals surface area contributed by atoms with Crippen LogP contribution in [0, 0.1) is 0 Å². The number of para-hydroxylation sites is 2. The third-order valence-corrected chi connectivity index (χ3v) is 3.80. The molecule has 0 aliphatic carbocycles. The van der Waals surface area contributed by atoms with E-state index in [-0.39, 0.29) is 12.1 Å². The summed E-state index contributed by atoms with van der Waals surface area (Å²) in [4.78, 5) is 27.6. The normalized spacial score (nSPS) is 14.2. The Bertz CT molecular complexity index is 622. The van der Waals surface area contributed by atoms with E-state index in [0.717, 1.165) is 5.69 Å². The fourth-order valence-corrected chi connectivity index (χ4v) is 2.47. The molecular formula is C18H19N3O3. The molecule has 124 valence electrons. The standard InChI is InChI=1S/C18H19N3O3/c22-17(19-15-7-3-1-4-8-15)20-11-13-21(14-12-20)18(23)24-16-9-5-2-6-10-16/h1-10H,11-14H2,(H,19,22). The number of benzene rings is 2. The van der Waals surface area contributed by atoms with Crippen LogP contribution >= 0.6 is 0 Å². The molecule has 24 heavy (non-hydrogen) atoms. The van der Waals surface area contributed by atoms with Crippen molar-refractivity contribution in [1.82, 2.24) is 9.80 Å². The SMILES string of the molecule is O=C(Nc1ccccc1)N1CCN(C(=O)Oc2ccccc2)CC1. The highest BCUT2D eigenvalue weighted by Gasteiger charge is 2.25. The van der Waals surface area contributed by atoms with Crippen molar-refractivity contribution in [2.45, 2.75) is 0 Å². The minimum atomic E-state index is -0.385. The first-order valence-corrected chi connectivity index (χ1v) is 7.85. The maximum atomic E-state index is 12.2. The van der Waals surface area contributed by atoms with E-state index >= 15 is 0 Å². The molecule has 1 heterocycles. The van der Waals surface area contributed by atoms with E-state index in [4.69, 9.17) is 4.74 Å². The third-order valence-electron chi connectivity index (χ3n) is 3.80. The summed E-state index contributed by atoms with van der Waals surface area (Å²) in [6.07, 6.45) is -0.385. The monoisotopic (exact) mass is 325 g/mol. The average molecular weight is 325 g/mol. The number of ether oxygens (including phenoxy) is 1. The van der Waals surface area contributed by atoms with Gasteiger partial charge in [0.05, 0.1) is 0 Å². The molecule has 0 spiro atoms. The van der Waals surface area contributed by atoms with Gasteiger partial charge in [0, 0.05) is 31.9 Å². The molecule has 0 atom stereocenters. The number of anilines is 1. The first-order valence-electron chi connectivity index (χ1n) is 7.85. The number of amides is 3. The first-order chi connectivity index (χ1) is 11.7. The van der Waals surface area contributed by atoms with Gasteiger partial charge in [0.25, 0.3) is 0 Å². The van der Waals surface area contributed by atoms with Crippen molar-refractivity contribution in [3.8, 4) is 5.75 Å². The van der Waals surface area contributed by atoms with E-state index in [0.29, 0.717) is 31.9 Å². The number of rotatable bonds is 2. The number of piperazine rings is 1. The molecule has 0 aromatic heterocycles. The van der Waals surface area contributed by atoms with Crippen LogP contribution in [0.3, 0.4) is 0 Å². The fraction of sp³-hybridized carbons (Fsp3) is 0.222. The third kappa shape index (κ3) is 4.04. The Hall–Kier alpha value is -3.02. The second kappa shape index (κ2) is 7.50. The topological polar surface area (TPSA) is 61.9 Å². The molecule has 0 radical (unpaired) electrons. The van der Waals surface area contributed by atoms with E-state index in [9.17, 15) is 9.59 Å². The lowest BCUT2D eigenvalue weighted by Gasteiger charge is -2.34. The van der Waals surface area contributed by atoms with Crippen LogP contribution in [0.1, 0.15) is 0 Å². The molecule has 6 nitrogen and oxygen atoms in total. The summed E-state index contributed by atoms with van der Waals surface area (Å²) >= 11 is 0. The van der Waals surface area contributed by atoms with Crippen molar-refractivity contribution in [2.24, 2.45) is 0 Å². The van der Waals surface area contributed by atoms with Crippen LogP contribution in [0.4, 0.5) is 15.3 Å². The largest absolute Gasteiger partial charge is 0.415 e. The summed E-state index contributed by atoms with van der Waals surface area (Å²) in [5.41, 5.74) is 0.758. The molecule has 0 saturated carbocycles. The van der Waals surface area contributed by atoms with Crippen molar-refractivity contribution in [3.63, 3.8) is 0 Å². The smallest absolute Gasteiger partial charge is 0.410 e. The zero-order chi connectivity index (χ0) is 16.8. The van der Waals surface area contributed by atoms with Crippen LogP contribution in [0.25, 0.3) is 0 Å². The van der Waals surface area contributed by atoms with Crippen molar-refractivity contribution in [3.05, 3.63) is 60.7 Å². The van der Waals surface area contributed by atoms with Crippen molar-refractivity contribution < 1.29 is 14.3 Å². The second-order valence-corrected chi connectivity index (χ2v) is 5.45. The van der Waals surface area contributed by atoms with Crippen molar-refractivity contribution in [1.29, 1.82) is 0 Å². The Morgan fingerprint density at radius 3 is 1.96 bits per heavy atom. The van der Waals surface area contributed by atoms with Gasteiger partial charge in [-0.05, 0) is 24.3 Å². The summed E-state index contributed by atoms with van der Waals surface area (Å²) in [7, 11) is 0. The van der Waals surface area contributed by atoms with E-state index in [1.54, 1.807) is 21.9 Å². The Morgan fingerprint density at radius 2 is 1.33 bits per heavy atom. The van der Waals surface area contributed by atoms with Crippen LogP contribution in [0.15, 0.2) is 60.7 Å². The molecule has 1 aliphatic rings. The molecule has 0 bridgehead atoms. The number of nitrogens with zero attached hydrogens (tertiary/aromatic N) is 2.